The van der Waals surface area contributed by atoms with Crippen molar-refractivity contribution in [1.29, 1.82) is 0 Å². The molecular formula is C18H27Cl2N. The highest BCUT2D eigenvalue weighted by Crippen LogP contribution is 2.40. The van der Waals surface area contributed by atoms with Gasteiger partial charge in [-0.25, -0.2) is 0 Å². The number of halogens is 2. The molecule has 0 amide bonds. The summed E-state index contributed by atoms with van der Waals surface area (Å²) in [7, 11) is 0. The van der Waals surface area contributed by atoms with Crippen LogP contribution in [0.25, 0.3) is 0 Å². The molecule has 1 saturated carbocycles. The number of nitrogens with one attached hydrogen (secondary N) is 1. The van der Waals surface area contributed by atoms with Crippen LogP contribution >= 0.6 is 23.2 Å². The Morgan fingerprint density at radius 3 is 2.43 bits per heavy atom. The predicted molar refractivity (Wildman–Crippen MR) is 93.2 cm³/mol. The van der Waals surface area contributed by atoms with E-state index in [9.17, 15) is 0 Å². The van der Waals surface area contributed by atoms with Crippen LogP contribution in [0.15, 0.2) is 18.2 Å². The monoisotopic (exact) mass is 327 g/mol. The molecule has 1 unspecified atom stereocenters. The lowest BCUT2D eigenvalue weighted by Crippen LogP contribution is -2.31. The van der Waals surface area contributed by atoms with Crippen molar-refractivity contribution < 1.29 is 0 Å². The van der Waals surface area contributed by atoms with Crippen LogP contribution in [0.2, 0.25) is 10.0 Å². The van der Waals surface area contributed by atoms with Crippen molar-refractivity contribution in [1.82, 2.24) is 5.32 Å². The number of hydrogen-bond acceptors (Lipinski definition) is 1. The van der Waals surface area contributed by atoms with Crippen molar-refractivity contribution >= 4 is 23.2 Å². The summed E-state index contributed by atoms with van der Waals surface area (Å²) >= 11 is 12.5. The lowest BCUT2D eigenvalue weighted by Gasteiger charge is -2.35. The summed E-state index contributed by atoms with van der Waals surface area (Å²) < 4.78 is 0. The Morgan fingerprint density at radius 2 is 1.86 bits per heavy atom. The Labute approximate surface area is 139 Å². The summed E-state index contributed by atoms with van der Waals surface area (Å²) in [5.74, 6) is 1.62. The molecule has 3 heteroatoms. The first-order valence-electron chi connectivity index (χ1n) is 8.34. The molecule has 118 valence electrons. The van der Waals surface area contributed by atoms with E-state index in [1.54, 1.807) is 0 Å². The van der Waals surface area contributed by atoms with Crippen LogP contribution in [-0.4, -0.2) is 6.54 Å². The maximum Gasteiger partial charge on any atom is 0.0468 e. The first-order valence-corrected chi connectivity index (χ1v) is 9.09. The van der Waals surface area contributed by atoms with Gasteiger partial charge in [-0.3, -0.25) is 0 Å². The van der Waals surface area contributed by atoms with E-state index in [1.807, 2.05) is 12.1 Å². The van der Waals surface area contributed by atoms with Crippen LogP contribution in [-0.2, 0) is 0 Å². The van der Waals surface area contributed by atoms with E-state index in [0.717, 1.165) is 23.9 Å². The predicted octanol–water partition coefficient (Wildman–Crippen LogP) is 6.25. The zero-order chi connectivity index (χ0) is 15.2. The molecule has 1 atom stereocenters. The molecule has 1 aliphatic carbocycles. The van der Waals surface area contributed by atoms with Gasteiger partial charge in [-0.05, 0) is 55.3 Å². The van der Waals surface area contributed by atoms with Gasteiger partial charge in [0.15, 0.2) is 0 Å². The minimum Gasteiger partial charge on any atom is -0.310 e. The van der Waals surface area contributed by atoms with Gasteiger partial charge in [0.2, 0.25) is 0 Å². The molecule has 1 fully saturated rings. The van der Waals surface area contributed by atoms with E-state index in [2.05, 4.69) is 25.2 Å². The molecule has 0 aliphatic heterocycles. The van der Waals surface area contributed by atoms with Gasteiger partial charge < -0.3 is 5.32 Å². The Kier molecular flexibility index (Phi) is 6.85. The third-order valence-electron chi connectivity index (χ3n) is 4.85. The molecule has 0 saturated heterocycles. The van der Waals surface area contributed by atoms with Crippen molar-refractivity contribution in [3.63, 3.8) is 0 Å². The first-order chi connectivity index (χ1) is 10.2. The molecule has 0 heterocycles. The van der Waals surface area contributed by atoms with Gasteiger partial charge >= 0.3 is 0 Å². The standard InChI is InChI=1S/C18H27Cl2N/c1-3-11-21-18(14-7-5-13(4-2)6-8-14)16-10-9-15(19)12-17(16)20/h9-10,12-14,18,21H,3-8,11H2,1-2H3. The van der Waals surface area contributed by atoms with Crippen LogP contribution in [0.3, 0.4) is 0 Å². The molecule has 0 radical (unpaired) electrons. The second-order valence-corrected chi connectivity index (χ2v) is 7.13. The van der Waals surface area contributed by atoms with Gasteiger partial charge in [0.25, 0.3) is 0 Å². The smallest absolute Gasteiger partial charge is 0.0468 e. The molecule has 1 N–H and O–H groups in total. The Bertz CT molecular complexity index is 439. The van der Waals surface area contributed by atoms with Crippen molar-refractivity contribution in [2.24, 2.45) is 11.8 Å². The number of benzene rings is 1. The van der Waals surface area contributed by atoms with Gasteiger partial charge in [0.05, 0.1) is 0 Å². The average molecular weight is 328 g/mol. The Hall–Kier alpha value is -0.240. The fourth-order valence-corrected chi connectivity index (χ4v) is 4.04. The molecule has 1 aromatic carbocycles. The lowest BCUT2D eigenvalue weighted by atomic mass is 9.76. The van der Waals surface area contributed by atoms with E-state index < -0.39 is 0 Å². The van der Waals surface area contributed by atoms with Gasteiger partial charge in [0, 0.05) is 16.1 Å². The summed E-state index contributed by atoms with van der Waals surface area (Å²) in [5, 5.41) is 5.24. The molecule has 21 heavy (non-hydrogen) atoms. The second kappa shape index (κ2) is 8.41. The summed E-state index contributed by atoms with van der Waals surface area (Å²) in [6, 6.07) is 6.30. The number of hydrogen-bond donors (Lipinski definition) is 1. The van der Waals surface area contributed by atoms with Gasteiger partial charge in [-0.1, -0.05) is 62.4 Å². The maximum absolute atomic E-state index is 6.45. The van der Waals surface area contributed by atoms with E-state index in [1.165, 1.54) is 37.7 Å². The minimum absolute atomic E-state index is 0.368. The zero-order valence-electron chi connectivity index (χ0n) is 13.2. The van der Waals surface area contributed by atoms with Crippen molar-refractivity contribution in [3.8, 4) is 0 Å². The summed E-state index contributed by atoms with van der Waals surface area (Å²) in [4.78, 5) is 0. The highest BCUT2D eigenvalue weighted by Gasteiger charge is 2.28. The third-order valence-corrected chi connectivity index (χ3v) is 5.41. The zero-order valence-corrected chi connectivity index (χ0v) is 14.7. The maximum atomic E-state index is 6.45. The Morgan fingerprint density at radius 1 is 1.14 bits per heavy atom. The quantitative estimate of drug-likeness (QED) is 0.651. The third kappa shape index (κ3) is 4.61. The van der Waals surface area contributed by atoms with E-state index in [4.69, 9.17) is 23.2 Å². The second-order valence-electron chi connectivity index (χ2n) is 6.29. The van der Waals surface area contributed by atoms with Crippen molar-refractivity contribution in [2.75, 3.05) is 6.54 Å². The van der Waals surface area contributed by atoms with Crippen LogP contribution in [0.5, 0.6) is 0 Å². The molecule has 0 bridgehead atoms. The molecule has 1 aromatic rings. The first kappa shape index (κ1) is 17.1. The normalized spacial score (nSPS) is 24.0. The molecular weight excluding hydrogens is 301 g/mol. The average Bonchev–Trinajstić information content (AvgIpc) is 2.50. The molecule has 1 aliphatic rings. The fraction of sp³-hybridized carbons (Fsp3) is 0.667. The minimum atomic E-state index is 0.368. The molecule has 2 rings (SSSR count). The topological polar surface area (TPSA) is 12.0 Å². The lowest BCUT2D eigenvalue weighted by molar-refractivity contribution is 0.219. The van der Waals surface area contributed by atoms with Crippen LogP contribution in [0, 0.1) is 11.8 Å². The van der Waals surface area contributed by atoms with Crippen molar-refractivity contribution in [3.05, 3.63) is 33.8 Å². The van der Waals surface area contributed by atoms with E-state index in [0.29, 0.717) is 17.0 Å². The summed E-state index contributed by atoms with van der Waals surface area (Å²) in [5.41, 5.74) is 1.22. The molecule has 0 spiro atoms. The molecule has 0 aromatic heterocycles. The summed E-state index contributed by atoms with van der Waals surface area (Å²) in [6.45, 7) is 5.56. The highest BCUT2D eigenvalue weighted by atomic mass is 35.5. The SMILES string of the molecule is CCCNC(c1ccc(Cl)cc1Cl)C1CCC(CC)CC1. The van der Waals surface area contributed by atoms with Crippen LogP contribution in [0.1, 0.15) is 64.0 Å². The summed E-state index contributed by atoms with van der Waals surface area (Å²) in [6.07, 6.45) is 7.79. The van der Waals surface area contributed by atoms with Gasteiger partial charge in [0.1, 0.15) is 0 Å². The Balaban J connectivity index is 2.14. The highest BCUT2D eigenvalue weighted by molar-refractivity contribution is 6.35. The van der Waals surface area contributed by atoms with Gasteiger partial charge in [-0.15, -0.1) is 0 Å². The number of rotatable bonds is 6. The van der Waals surface area contributed by atoms with E-state index >= 15 is 0 Å². The van der Waals surface area contributed by atoms with Crippen LogP contribution in [0.4, 0.5) is 0 Å². The molecule has 1 nitrogen and oxygen atoms in total. The fourth-order valence-electron chi connectivity index (χ4n) is 3.51. The van der Waals surface area contributed by atoms with Gasteiger partial charge in [-0.2, -0.15) is 0 Å². The van der Waals surface area contributed by atoms with E-state index in [-0.39, 0.29) is 0 Å². The van der Waals surface area contributed by atoms with Crippen LogP contribution < -0.4 is 5.32 Å². The van der Waals surface area contributed by atoms with Crippen molar-refractivity contribution in [2.45, 2.75) is 58.4 Å². The largest absolute Gasteiger partial charge is 0.310 e.